The van der Waals surface area contributed by atoms with Crippen molar-refractivity contribution in [3.8, 4) is 5.75 Å². The van der Waals surface area contributed by atoms with Gasteiger partial charge in [0.25, 0.3) is 0 Å². The van der Waals surface area contributed by atoms with Gasteiger partial charge in [0, 0.05) is 18.0 Å². The first-order valence-corrected chi connectivity index (χ1v) is 10.9. The van der Waals surface area contributed by atoms with Crippen molar-refractivity contribution in [2.24, 2.45) is 23.2 Å². The highest BCUT2D eigenvalue weighted by atomic mass is 16.5. The van der Waals surface area contributed by atoms with E-state index in [4.69, 9.17) is 9.47 Å². The van der Waals surface area contributed by atoms with Crippen LogP contribution in [0.15, 0.2) is 24.3 Å². The summed E-state index contributed by atoms with van der Waals surface area (Å²) in [6.07, 6.45) is 4.96. The molecule has 0 spiro atoms. The molecule has 4 atom stereocenters. The van der Waals surface area contributed by atoms with Crippen LogP contribution in [0.5, 0.6) is 5.75 Å². The molecule has 160 valence electrons. The molecule has 1 aromatic carbocycles. The lowest BCUT2D eigenvalue weighted by Gasteiger charge is -2.62. The summed E-state index contributed by atoms with van der Waals surface area (Å²) < 4.78 is 10.8. The Morgan fingerprint density at radius 2 is 1.97 bits per heavy atom. The van der Waals surface area contributed by atoms with Gasteiger partial charge in [-0.15, -0.1) is 0 Å². The maximum atomic E-state index is 12.3. The van der Waals surface area contributed by atoms with Gasteiger partial charge in [0.2, 0.25) is 5.91 Å². The molecule has 3 fully saturated rings. The number of amides is 1. The number of para-hydroxylation sites is 1. The van der Waals surface area contributed by atoms with Gasteiger partial charge in [0.1, 0.15) is 5.75 Å². The normalized spacial score (nSPS) is 26.9. The summed E-state index contributed by atoms with van der Waals surface area (Å²) in [6.45, 7) is 7.32. The van der Waals surface area contributed by atoms with Crippen molar-refractivity contribution < 1.29 is 19.1 Å². The van der Waals surface area contributed by atoms with Crippen molar-refractivity contribution in [1.82, 2.24) is 5.32 Å². The van der Waals surface area contributed by atoms with Crippen LogP contribution in [0, 0.1) is 23.2 Å². The van der Waals surface area contributed by atoms with E-state index in [1.807, 2.05) is 31.2 Å². The molecule has 3 aliphatic carbocycles. The highest BCUT2D eigenvalue weighted by Gasteiger charge is 2.57. The molecule has 0 radical (unpaired) electrons. The lowest BCUT2D eigenvalue weighted by atomic mass is 9.44. The summed E-state index contributed by atoms with van der Waals surface area (Å²) in [6, 6.07) is 7.87. The second-order valence-electron chi connectivity index (χ2n) is 9.20. The van der Waals surface area contributed by atoms with Crippen LogP contribution >= 0.6 is 0 Å². The number of benzene rings is 1. The van der Waals surface area contributed by atoms with Crippen LogP contribution in [0.1, 0.15) is 58.4 Å². The number of carbonyl (C=O) groups excluding carboxylic acids is 2. The van der Waals surface area contributed by atoms with Crippen molar-refractivity contribution in [2.75, 3.05) is 13.7 Å². The van der Waals surface area contributed by atoms with E-state index in [9.17, 15) is 9.59 Å². The van der Waals surface area contributed by atoms with Gasteiger partial charge < -0.3 is 14.8 Å². The highest BCUT2D eigenvalue weighted by molar-refractivity contribution is 5.76. The Morgan fingerprint density at radius 3 is 2.66 bits per heavy atom. The van der Waals surface area contributed by atoms with Crippen LogP contribution in [0.2, 0.25) is 0 Å². The van der Waals surface area contributed by atoms with Gasteiger partial charge in [0.05, 0.1) is 20.1 Å². The Labute approximate surface area is 174 Å². The Morgan fingerprint density at radius 1 is 1.21 bits per heavy atom. The van der Waals surface area contributed by atoms with Crippen molar-refractivity contribution in [2.45, 2.75) is 65.3 Å². The molecule has 5 heteroatoms. The second kappa shape index (κ2) is 9.19. The van der Waals surface area contributed by atoms with E-state index < -0.39 is 0 Å². The van der Waals surface area contributed by atoms with E-state index in [-0.39, 0.29) is 24.3 Å². The lowest BCUT2D eigenvalue weighted by Crippen LogP contribution is -2.63. The molecule has 4 rings (SSSR count). The van der Waals surface area contributed by atoms with Gasteiger partial charge in [0.15, 0.2) is 0 Å². The average molecular weight is 402 g/mol. The van der Waals surface area contributed by atoms with E-state index >= 15 is 0 Å². The molecule has 1 aromatic rings. The van der Waals surface area contributed by atoms with Crippen molar-refractivity contribution in [1.29, 1.82) is 0 Å². The fourth-order valence-electron chi connectivity index (χ4n) is 5.25. The van der Waals surface area contributed by atoms with E-state index in [0.717, 1.165) is 36.5 Å². The topological polar surface area (TPSA) is 64.6 Å². The maximum absolute atomic E-state index is 12.3. The minimum absolute atomic E-state index is 0.174. The Balaban J connectivity index is 1.61. The van der Waals surface area contributed by atoms with Crippen LogP contribution in [0.25, 0.3) is 0 Å². The summed E-state index contributed by atoms with van der Waals surface area (Å²) in [5.41, 5.74) is 1.16. The smallest absolute Gasteiger partial charge is 0.310 e. The first-order chi connectivity index (χ1) is 13.9. The van der Waals surface area contributed by atoms with Crippen LogP contribution in [0.4, 0.5) is 0 Å². The predicted octanol–water partition coefficient (Wildman–Crippen LogP) is 4.14. The largest absolute Gasteiger partial charge is 0.493 e. The number of ether oxygens (including phenoxy) is 2. The molecular weight excluding hydrogens is 366 g/mol. The summed E-state index contributed by atoms with van der Waals surface area (Å²) >= 11 is 0. The van der Waals surface area contributed by atoms with Crippen molar-refractivity contribution in [3.05, 3.63) is 29.8 Å². The Hall–Kier alpha value is -2.04. The van der Waals surface area contributed by atoms with Crippen LogP contribution < -0.4 is 10.1 Å². The van der Waals surface area contributed by atoms with Crippen molar-refractivity contribution >= 4 is 11.9 Å². The number of hydrogen-bond acceptors (Lipinski definition) is 4. The second-order valence-corrected chi connectivity index (χ2v) is 9.20. The van der Waals surface area contributed by atoms with E-state index in [0.29, 0.717) is 30.3 Å². The lowest BCUT2D eigenvalue weighted by molar-refractivity contribution is -0.139. The van der Waals surface area contributed by atoms with Gasteiger partial charge in [-0.25, -0.2) is 0 Å². The quantitative estimate of drug-likeness (QED) is 0.632. The third kappa shape index (κ3) is 4.76. The maximum Gasteiger partial charge on any atom is 0.310 e. The number of carbonyl (C=O) groups is 2. The zero-order chi connectivity index (χ0) is 21.0. The fraction of sp³-hybridized carbons (Fsp3) is 0.667. The number of rotatable bonds is 9. The van der Waals surface area contributed by atoms with Crippen LogP contribution in [-0.4, -0.2) is 31.6 Å². The number of methoxy groups -OCH3 is 1. The van der Waals surface area contributed by atoms with Gasteiger partial charge in [-0.1, -0.05) is 39.0 Å². The zero-order valence-electron chi connectivity index (χ0n) is 18.2. The highest BCUT2D eigenvalue weighted by Crippen LogP contribution is 2.61. The van der Waals surface area contributed by atoms with Crippen molar-refractivity contribution in [3.63, 3.8) is 0 Å². The summed E-state index contributed by atoms with van der Waals surface area (Å²) in [4.78, 5) is 24.0. The molecular formula is C24H35NO4. The van der Waals surface area contributed by atoms with Crippen LogP contribution in [0.3, 0.4) is 0 Å². The number of fused-ring (bicyclic) bond motifs is 2. The summed E-state index contributed by atoms with van der Waals surface area (Å²) in [7, 11) is 1.40. The standard InChI is InChI=1S/C24H35NO4/c1-5-8-21(26)25-23-17(13-18-15-19(23)24(18,2)3)11-12-29-20-10-7-6-9-16(20)14-22(27)28-4/h6-7,9-10,17-19,23H,5,8,11-15H2,1-4H3,(H,25,26)/t17-,18+,19+,23?/m0/s1. The minimum Gasteiger partial charge on any atom is -0.493 e. The number of hydrogen-bond donors (Lipinski definition) is 1. The molecule has 3 aliphatic rings. The summed E-state index contributed by atoms with van der Waals surface area (Å²) in [5, 5.41) is 3.35. The summed E-state index contributed by atoms with van der Waals surface area (Å²) in [5.74, 6) is 2.38. The van der Waals surface area contributed by atoms with Crippen LogP contribution in [-0.2, 0) is 20.7 Å². The molecule has 3 saturated carbocycles. The molecule has 0 aromatic heterocycles. The molecule has 29 heavy (non-hydrogen) atoms. The molecule has 1 amide bonds. The zero-order valence-corrected chi connectivity index (χ0v) is 18.2. The van der Waals surface area contributed by atoms with E-state index in [1.54, 1.807) is 0 Å². The van der Waals surface area contributed by atoms with E-state index in [1.165, 1.54) is 13.5 Å². The third-order valence-electron chi connectivity index (χ3n) is 7.16. The SMILES string of the molecule is CCCC(=O)NC1[C@@H](CCOc2ccccc2CC(=O)OC)C[C@@H]2C[C@H]1C2(C)C. The molecule has 2 bridgehead atoms. The fourth-order valence-corrected chi connectivity index (χ4v) is 5.25. The Kier molecular flexibility index (Phi) is 6.86. The van der Waals surface area contributed by atoms with Gasteiger partial charge >= 0.3 is 5.97 Å². The predicted molar refractivity (Wildman–Crippen MR) is 113 cm³/mol. The van der Waals surface area contributed by atoms with Gasteiger partial charge in [-0.3, -0.25) is 9.59 Å². The molecule has 1 N–H and O–H groups in total. The first-order valence-electron chi connectivity index (χ1n) is 10.9. The van der Waals surface area contributed by atoms with Gasteiger partial charge in [-0.2, -0.15) is 0 Å². The molecule has 5 nitrogen and oxygen atoms in total. The number of nitrogens with one attached hydrogen (secondary N) is 1. The molecule has 0 aliphatic heterocycles. The number of esters is 1. The minimum atomic E-state index is -0.269. The average Bonchev–Trinajstić information content (AvgIpc) is 2.69. The van der Waals surface area contributed by atoms with E-state index in [2.05, 4.69) is 19.2 Å². The molecule has 1 unspecified atom stereocenters. The molecule has 0 saturated heterocycles. The molecule has 0 heterocycles. The third-order valence-corrected chi connectivity index (χ3v) is 7.16. The first kappa shape index (κ1) is 21.7. The monoisotopic (exact) mass is 401 g/mol. The van der Waals surface area contributed by atoms with Gasteiger partial charge in [-0.05, 0) is 54.9 Å². The Bertz CT molecular complexity index is 729.